The Morgan fingerprint density at radius 1 is 1.35 bits per heavy atom. The molecule has 0 aromatic heterocycles. The zero-order valence-corrected chi connectivity index (χ0v) is 11.3. The van der Waals surface area contributed by atoms with Gasteiger partial charge >= 0.3 is 0 Å². The van der Waals surface area contributed by atoms with Crippen LogP contribution in [-0.2, 0) is 4.74 Å². The monoisotopic (exact) mass is 233 g/mol. The highest BCUT2D eigenvalue weighted by atomic mass is 16.5. The molecule has 2 atom stereocenters. The number of likely N-dealkylation sites (N-methyl/N-ethyl adjacent to an activating group) is 1. The summed E-state index contributed by atoms with van der Waals surface area (Å²) in [5, 5.41) is 3.44. The fourth-order valence-corrected chi connectivity index (χ4v) is 2.90. The van der Waals surface area contributed by atoms with E-state index in [4.69, 9.17) is 4.74 Å². The minimum absolute atomic E-state index is 0.0622. The van der Waals surface area contributed by atoms with Gasteiger partial charge in [0.15, 0.2) is 0 Å². The van der Waals surface area contributed by atoms with Crippen LogP contribution in [0.3, 0.4) is 0 Å². The molecule has 94 valence electrons. The van der Waals surface area contributed by atoms with E-state index in [0.717, 1.165) is 13.0 Å². The fourth-order valence-electron chi connectivity index (χ4n) is 2.90. The Bertz CT molecular complexity index is 394. The molecule has 1 N–H and O–H groups in total. The Morgan fingerprint density at radius 3 is 2.71 bits per heavy atom. The van der Waals surface area contributed by atoms with Crippen LogP contribution in [0.2, 0.25) is 0 Å². The van der Waals surface area contributed by atoms with Crippen molar-refractivity contribution >= 4 is 0 Å². The fraction of sp³-hybridized carbons (Fsp3) is 0.600. The van der Waals surface area contributed by atoms with E-state index in [-0.39, 0.29) is 11.6 Å². The van der Waals surface area contributed by atoms with Gasteiger partial charge in [0, 0.05) is 6.61 Å². The molecule has 2 unspecified atom stereocenters. The van der Waals surface area contributed by atoms with E-state index in [1.807, 2.05) is 7.05 Å². The van der Waals surface area contributed by atoms with Crippen LogP contribution in [-0.4, -0.2) is 19.3 Å². The summed E-state index contributed by atoms with van der Waals surface area (Å²) < 4.78 is 5.98. The van der Waals surface area contributed by atoms with Crippen molar-refractivity contribution in [3.05, 3.63) is 34.9 Å². The Kier molecular flexibility index (Phi) is 3.55. The predicted molar refractivity (Wildman–Crippen MR) is 71.3 cm³/mol. The number of hydrogen-bond acceptors (Lipinski definition) is 2. The molecule has 1 aromatic rings. The van der Waals surface area contributed by atoms with Gasteiger partial charge in [-0.2, -0.15) is 0 Å². The molecule has 1 aliphatic rings. The molecule has 2 rings (SSSR count). The summed E-state index contributed by atoms with van der Waals surface area (Å²) in [6.45, 7) is 7.49. The Balaban J connectivity index is 2.38. The standard InChI is InChI=1S/C15H23NO/c1-11-7-5-8-13(12(11)2)14(16-4)15(3)9-6-10-17-15/h5,7-8,14,16H,6,9-10H2,1-4H3. The SMILES string of the molecule is CNC(c1cccc(C)c1C)C1(C)CCCO1. The summed E-state index contributed by atoms with van der Waals surface area (Å²) in [6, 6.07) is 6.81. The van der Waals surface area contributed by atoms with E-state index >= 15 is 0 Å². The average molecular weight is 233 g/mol. The van der Waals surface area contributed by atoms with Gasteiger partial charge in [0.1, 0.15) is 0 Å². The lowest BCUT2D eigenvalue weighted by atomic mass is 9.85. The summed E-state index contributed by atoms with van der Waals surface area (Å²) in [5.74, 6) is 0. The second-order valence-corrected chi connectivity index (χ2v) is 5.28. The van der Waals surface area contributed by atoms with Crippen molar-refractivity contribution in [1.29, 1.82) is 0 Å². The number of rotatable bonds is 3. The van der Waals surface area contributed by atoms with E-state index in [1.54, 1.807) is 0 Å². The highest BCUT2D eigenvalue weighted by Gasteiger charge is 2.39. The molecule has 17 heavy (non-hydrogen) atoms. The molecule has 1 aliphatic heterocycles. The number of nitrogens with one attached hydrogen (secondary N) is 1. The van der Waals surface area contributed by atoms with Crippen LogP contribution in [0.1, 0.15) is 42.5 Å². The number of ether oxygens (including phenoxy) is 1. The minimum Gasteiger partial charge on any atom is -0.373 e. The Morgan fingerprint density at radius 2 is 2.12 bits per heavy atom. The van der Waals surface area contributed by atoms with Gasteiger partial charge in [-0.3, -0.25) is 0 Å². The van der Waals surface area contributed by atoms with Crippen molar-refractivity contribution < 1.29 is 4.74 Å². The van der Waals surface area contributed by atoms with Gasteiger partial charge in [0.05, 0.1) is 11.6 Å². The van der Waals surface area contributed by atoms with E-state index in [0.29, 0.717) is 0 Å². The zero-order valence-electron chi connectivity index (χ0n) is 11.3. The number of benzene rings is 1. The van der Waals surface area contributed by atoms with Gasteiger partial charge in [-0.15, -0.1) is 0 Å². The first kappa shape index (κ1) is 12.6. The van der Waals surface area contributed by atoms with Crippen LogP contribution in [0.25, 0.3) is 0 Å². The van der Waals surface area contributed by atoms with E-state index in [1.165, 1.54) is 23.1 Å². The van der Waals surface area contributed by atoms with Crippen molar-refractivity contribution in [3.63, 3.8) is 0 Å². The van der Waals surface area contributed by atoms with Crippen molar-refractivity contribution in [2.75, 3.05) is 13.7 Å². The lowest BCUT2D eigenvalue weighted by Crippen LogP contribution is -2.40. The lowest BCUT2D eigenvalue weighted by Gasteiger charge is -2.34. The molecule has 1 saturated heterocycles. The van der Waals surface area contributed by atoms with Gasteiger partial charge in [0.25, 0.3) is 0 Å². The summed E-state index contributed by atoms with van der Waals surface area (Å²) in [5.41, 5.74) is 4.04. The second-order valence-electron chi connectivity index (χ2n) is 5.28. The maximum Gasteiger partial charge on any atom is 0.0849 e. The molecule has 0 saturated carbocycles. The molecule has 1 aromatic carbocycles. The van der Waals surface area contributed by atoms with Gasteiger partial charge in [-0.25, -0.2) is 0 Å². The van der Waals surface area contributed by atoms with Crippen molar-refractivity contribution in [2.45, 2.75) is 45.3 Å². The molecule has 1 fully saturated rings. The molecule has 0 spiro atoms. The largest absolute Gasteiger partial charge is 0.373 e. The van der Waals surface area contributed by atoms with Crippen LogP contribution in [0.4, 0.5) is 0 Å². The summed E-state index contributed by atoms with van der Waals surface area (Å²) >= 11 is 0. The first-order valence-electron chi connectivity index (χ1n) is 6.46. The Labute approximate surface area is 104 Å². The van der Waals surface area contributed by atoms with Gasteiger partial charge in [0.2, 0.25) is 0 Å². The van der Waals surface area contributed by atoms with E-state index in [9.17, 15) is 0 Å². The first-order valence-corrected chi connectivity index (χ1v) is 6.46. The summed E-state index contributed by atoms with van der Waals surface area (Å²) in [6.07, 6.45) is 2.30. The first-order chi connectivity index (χ1) is 8.08. The van der Waals surface area contributed by atoms with Crippen LogP contribution >= 0.6 is 0 Å². The van der Waals surface area contributed by atoms with Crippen LogP contribution in [0.15, 0.2) is 18.2 Å². The molecule has 0 aliphatic carbocycles. The smallest absolute Gasteiger partial charge is 0.0849 e. The van der Waals surface area contributed by atoms with Crippen LogP contribution < -0.4 is 5.32 Å². The molecule has 2 nitrogen and oxygen atoms in total. The quantitative estimate of drug-likeness (QED) is 0.866. The zero-order chi connectivity index (χ0) is 12.5. The highest BCUT2D eigenvalue weighted by Crippen LogP contribution is 2.38. The molecule has 0 bridgehead atoms. The molecular formula is C15H23NO. The minimum atomic E-state index is -0.0622. The van der Waals surface area contributed by atoms with Gasteiger partial charge < -0.3 is 10.1 Å². The summed E-state index contributed by atoms with van der Waals surface area (Å²) in [4.78, 5) is 0. The van der Waals surface area contributed by atoms with Crippen molar-refractivity contribution in [2.24, 2.45) is 0 Å². The van der Waals surface area contributed by atoms with E-state index < -0.39 is 0 Å². The number of hydrogen-bond donors (Lipinski definition) is 1. The maximum absolute atomic E-state index is 5.98. The lowest BCUT2D eigenvalue weighted by molar-refractivity contribution is -0.0106. The molecule has 0 amide bonds. The van der Waals surface area contributed by atoms with Gasteiger partial charge in [-0.05, 0) is 57.4 Å². The van der Waals surface area contributed by atoms with Gasteiger partial charge in [-0.1, -0.05) is 18.2 Å². The number of aryl methyl sites for hydroxylation is 1. The molecule has 1 heterocycles. The summed E-state index contributed by atoms with van der Waals surface area (Å²) in [7, 11) is 2.03. The molecule has 0 radical (unpaired) electrons. The normalized spacial score (nSPS) is 26.1. The Hall–Kier alpha value is -0.860. The molecular weight excluding hydrogens is 210 g/mol. The average Bonchev–Trinajstić information content (AvgIpc) is 2.73. The topological polar surface area (TPSA) is 21.3 Å². The third-order valence-corrected chi connectivity index (χ3v) is 4.11. The highest BCUT2D eigenvalue weighted by molar-refractivity contribution is 5.36. The van der Waals surface area contributed by atoms with Crippen LogP contribution in [0, 0.1) is 13.8 Å². The second kappa shape index (κ2) is 4.79. The van der Waals surface area contributed by atoms with Crippen molar-refractivity contribution in [1.82, 2.24) is 5.32 Å². The third kappa shape index (κ3) is 2.24. The third-order valence-electron chi connectivity index (χ3n) is 4.11. The van der Waals surface area contributed by atoms with Crippen LogP contribution in [0.5, 0.6) is 0 Å². The maximum atomic E-state index is 5.98. The van der Waals surface area contributed by atoms with E-state index in [2.05, 4.69) is 44.3 Å². The predicted octanol–water partition coefficient (Wildman–Crippen LogP) is 3.13. The molecule has 2 heteroatoms. The van der Waals surface area contributed by atoms with Crippen molar-refractivity contribution in [3.8, 4) is 0 Å².